The summed E-state index contributed by atoms with van der Waals surface area (Å²) in [6, 6.07) is 12.4. The van der Waals surface area contributed by atoms with Gasteiger partial charge < -0.3 is 9.52 Å². The van der Waals surface area contributed by atoms with Gasteiger partial charge in [0.15, 0.2) is 5.78 Å². The van der Waals surface area contributed by atoms with E-state index in [0.29, 0.717) is 23.5 Å². The zero-order chi connectivity index (χ0) is 15.7. The first kappa shape index (κ1) is 16.7. The SMILES string of the molecule is CC.O=C(O)CCc1ccc(CC(=O)c2ccccc2)o1. The monoisotopic (exact) mass is 288 g/mol. The largest absolute Gasteiger partial charge is 0.481 e. The van der Waals surface area contributed by atoms with Crippen LogP contribution >= 0.6 is 0 Å². The van der Waals surface area contributed by atoms with Gasteiger partial charge in [0, 0.05) is 12.0 Å². The Bertz CT molecular complexity index is 569. The van der Waals surface area contributed by atoms with Crippen molar-refractivity contribution in [3.8, 4) is 0 Å². The summed E-state index contributed by atoms with van der Waals surface area (Å²) in [6.45, 7) is 4.00. The average molecular weight is 288 g/mol. The fraction of sp³-hybridized carbons (Fsp3) is 0.294. The molecule has 1 N–H and O–H groups in total. The summed E-state index contributed by atoms with van der Waals surface area (Å²) in [4.78, 5) is 22.4. The lowest BCUT2D eigenvalue weighted by molar-refractivity contribution is -0.137. The van der Waals surface area contributed by atoms with Gasteiger partial charge in [-0.15, -0.1) is 0 Å². The van der Waals surface area contributed by atoms with Crippen molar-refractivity contribution in [1.29, 1.82) is 0 Å². The van der Waals surface area contributed by atoms with Gasteiger partial charge in [-0.2, -0.15) is 0 Å². The summed E-state index contributed by atoms with van der Waals surface area (Å²) in [6.07, 6.45) is 0.561. The summed E-state index contributed by atoms with van der Waals surface area (Å²) in [5.74, 6) is 0.283. The Kier molecular flexibility index (Phi) is 6.95. The third kappa shape index (κ3) is 5.65. The van der Waals surface area contributed by atoms with Crippen molar-refractivity contribution in [2.24, 2.45) is 0 Å². The minimum Gasteiger partial charge on any atom is -0.481 e. The van der Waals surface area contributed by atoms with Gasteiger partial charge in [0.05, 0.1) is 12.8 Å². The number of benzene rings is 1. The first-order valence-electron chi connectivity index (χ1n) is 7.03. The maximum Gasteiger partial charge on any atom is 0.303 e. The fourth-order valence-corrected chi connectivity index (χ4v) is 1.77. The first-order valence-corrected chi connectivity index (χ1v) is 7.03. The summed E-state index contributed by atoms with van der Waals surface area (Å²) in [5, 5.41) is 8.58. The van der Waals surface area contributed by atoms with E-state index >= 15 is 0 Å². The van der Waals surface area contributed by atoms with E-state index in [1.54, 1.807) is 24.3 Å². The fourth-order valence-electron chi connectivity index (χ4n) is 1.77. The van der Waals surface area contributed by atoms with Gasteiger partial charge in [-0.25, -0.2) is 0 Å². The summed E-state index contributed by atoms with van der Waals surface area (Å²) in [7, 11) is 0. The van der Waals surface area contributed by atoms with Crippen LogP contribution in [0.3, 0.4) is 0 Å². The van der Waals surface area contributed by atoms with E-state index in [1.165, 1.54) is 0 Å². The van der Waals surface area contributed by atoms with Crippen LogP contribution in [0.2, 0.25) is 0 Å². The Morgan fingerprint density at radius 2 is 1.62 bits per heavy atom. The van der Waals surface area contributed by atoms with Gasteiger partial charge in [-0.05, 0) is 12.1 Å². The molecule has 0 aliphatic carbocycles. The molecule has 4 nitrogen and oxygen atoms in total. The lowest BCUT2D eigenvalue weighted by Crippen LogP contribution is -2.02. The Hall–Kier alpha value is -2.36. The van der Waals surface area contributed by atoms with Gasteiger partial charge in [0.25, 0.3) is 0 Å². The van der Waals surface area contributed by atoms with E-state index in [2.05, 4.69) is 0 Å². The highest BCUT2D eigenvalue weighted by Gasteiger charge is 2.10. The van der Waals surface area contributed by atoms with Crippen LogP contribution in [0, 0.1) is 0 Å². The highest BCUT2D eigenvalue weighted by atomic mass is 16.4. The summed E-state index contributed by atoms with van der Waals surface area (Å²) in [5.41, 5.74) is 0.644. The minimum atomic E-state index is -0.863. The molecule has 21 heavy (non-hydrogen) atoms. The second kappa shape index (κ2) is 8.74. The van der Waals surface area contributed by atoms with Crippen LogP contribution in [0.1, 0.15) is 42.1 Å². The first-order chi connectivity index (χ1) is 10.1. The lowest BCUT2D eigenvalue weighted by Gasteiger charge is -1.98. The third-order valence-corrected chi connectivity index (χ3v) is 2.73. The molecule has 112 valence electrons. The van der Waals surface area contributed by atoms with E-state index in [1.807, 2.05) is 32.0 Å². The van der Waals surface area contributed by atoms with Gasteiger partial charge in [0.1, 0.15) is 11.5 Å². The molecule has 2 rings (SSSR count). The number of hydrogen-bond donors (Lipinski definition) is 1. The van der Waals surface area contributed by atoms with E-state index in [4.69, 9.17) is 9.52 Å². The number of hydrogen-bond acceptors (Lipinski definition) is 3. The third-order valence-electron chi connectivity index (χ3n) is 2.73. The van der Waals surface area contributed by atoms with Gasteiger partial charge in [0.2, 0.25) is 0 Å². The molecule has 0 saturated carbocycles. The minimum absolute atomic E-state index is 0.0141. The van der Waals surface area contributed by atoms with Crippen molar-refractivity contribution in [3.63, 3.8) is 0 Å². The number of ketones is 1. The number of Topliss-reactive ketones (excluding diaryl/α,β-unsaturated/α-hetero) is 1. The number of rotatable bonds is 6. The molecular formula is C17H20O4. The van der Waals surface area contributed by atoms with Crippen molar-refractivity contribution >= 4 is 11.8 Å². The van der Waals surface area contributed by atoms with Crippen LogP contribution in [0.5, 0.6) is 0 Å². The van der Waals surface area contributed by atoms with Crippen molar-refractivity contribution in [3.05, 3.63) is 59.5 Å². The molecule has 0 bridgehead atoms. The van der Waals surface area contributed by atoms with E-state index in [9.17, 15) is 9.59 Å². The maximum absolute atomic E-state index is 11.9. The van der Waals surface area contributed by atoms with Gasteiger partial charge >= 0.3 is 5.97 Å². The highest BCUT2D eigenvalue weighted by molar-refractivity contribution is 5.97. The van der Waals surface area contributed by atoms with E-state index in [-0.39, 0.29) is 18.6 Å². The van der Waals surface area contributed by atoms with Crippen LogP contribution in [0.4, 0.5) is 0 Å². The van der Waals surface area contributed by atoms with Crippen LogP contribution in [0.15, 0.2) is 46.9 Å². The second-order valence-corrected chi connectivity index (χ2v) is 4.23. The van der Waals surface area contributed by atoms with Crippen LogP contribution < -0.4 is 0 Å². The summed E-state index contributed by atoms with van der Waals surface area (Å²) >= 11 is 0. The zero-order valence-corrected chi connectivity index (χ0v) is 12.3. The molecule has 0 unspecified atom stereocenters. The second-order valence-electron chi connectivity index (χ2n) is 4.23. The Balaban J connectivity index is 0.00000106. The number of carbonyl (C=O) groups excluding carboxylic acids is 1. The van der Waals surface area contributed by atoms with Crippen molar-refractivity contribution in [1.82, 2.24) is 0 Å². The quantitative estimate of drug-likeness (QED) is 0.822. The molecule has 0 atom stereocenters. The van der Waals surface area contributed by atoms with Crippen molar-refractivity contribution < 1.29 is 19.1 Å². The van der Waals surface area contributed by atoms with E-state index in [0.717, 1.165) is 0 Å². The maximum atomic E-state index is 11.9. The molecule has 1 aromatic heterocycles. The molecule has 4 heteroatoms. The van der Waals surface area contributed by atoms with E-state index < -0.39 is 5.97 Å². The standard InChI is InChI=1S/C15H14O4.C2H6/c16-14(11-4-2-1-3-5-11)10-13-7-6-12(19-13)8-9-15(17)18;1-2/h1-7H,8-10H2,(H,17,18);1-2H3. The smallest absolute Gasteiger partial charge is 0.303 e. The average Bonchev–Trinajstić information content (AvgIpc) is 2.95. The predicted octanol–water partition coefficient (Wildman–Crippen LogP) is 3.75. The molecule has 0 amide bonds. The number of carboxylic acids is 1. The molecule has 0 radical (unpaired) electrons. The number of aryl methyl sites for hydroxylation is 1. The number of furan rings is 1. The normalized spacial score (nSPS) is 9.62. The Morgan fingerprint density at radius 3 is 2.24 bits per heavy atom. The van der Waals surface area contributed by atoms with Crippen LogP contribution in [-0.2, 0) is 17.6 Å². The predicted molar refractivity (Wildman–Crippen MR) is 80.5 cm³/mol. The number of aliphatic carboxylic acids is 1. The molecule has 2 aromatic rings. The molecule has 1 aromatic carbocycles. The molecule has 0 saturated heterocycles. The highest BCUT2D eigenvalue weighted by Crippen LogP contribution is 2.13. The zero-order valence-electron chi connectivity index (χ0n) is 12.3. The molecule has 0 spiro atoms. The molecule has 0 aliphatic rings. The van der Waals surface area contributed by atoms with Crippen molar-refractivity contribution in [2.75, 3.05) is 0 Å². The topological polar surface area (TPSA) is 67.5 Å². The molecule has 1 heterocycles. The van der Waals surface area contributed by atoms with Gasteiger partial charge in [-0.3, -0.25) is 9.59 Å². The summed E-state index contributed by atoms with van der Waals surface area (Å²) < 4.78 is 5.44. The van der Waals surface area contributed by atoms with Gasteiger partial charge in [-0.1, -0.05) is 44.2 Å². The molecule has 0 aliphatic heterocycles. The number of carbonyl (C=O) groups is 2. The Morgan fingerprint density at radius 1 is 1.00 bits per heavy atom. The molecule has 0 fully saturated rings. The number of carboxylic acid groups (broad SMARTS) is 1. The Labute approximate surface area is 124 Å². The molecular weight excluding hydrogens is 268 g/mol. The van der Waals surface area contributed by atoms with Crippen LogP contribution in [-0.4, -0.2) is 16.9 Å². The van der Waals surface area contributed by atoms with Crippen molar-refractivity contribution in [2.45, 2.75) is 33.1 Å². The lowest BCUT2D eigenvalue weighted by atomic mass is 10.1. The van der Waals surface area contributed by atoms with Crippen LogP contribution in [0.25, 0.3) is 0 Å².